The van der Waals surface area contributed by atoms with Gasteiger partial charge in [0.1, 0.15) is 5.82 Å². The second-order valence-electron chi connectivity index (χ2n) is 3.57. The molecular formula is C12H10ClFN2O. The number of aromatic amines is 1. The monoisotopic (exact) mass is 252 g/mol. The molecule has 2 aromatic rings. The van der Waals surface area contributed by atoms with Crippen molar-refractivity contribution in [3.8, 4) is 11.3 Å². The molecule has 0 unspecified atom stereocenters. The predicted molar refractivity (Wildman–Crippen MR) is 64.6 cm³/mol. The first-order valence-electron chi connectivity index (χ1n) is 5.15. The Bertz CT molecular complexity index is 589. The molecule has 1 aromatic heterocycles. The summed E-state index contributed by atoms with van der Waals surface area (Å²) in [6.45, 7) is 1.84. The zero-order valence-electron chi connectivity index (χ0n) is 9.13. The minimum atomic E-state index is -0.448. The quantitative estimate of drug-likeness (QED) is 0.893. The summed E-state index contributed by atoms with van der Waals surface area (Å²) in [6.07, 6.45) is 1.82. The van der Waals surface area contributed by atoms with E-state index in [9.17, 15) is 9.18 Å². The van der Waals surface area contributed by atoms with Gasteiger partial charge in [-0.05, 0) is 24.6 Å². The van der Waals surface area contributed by atoms with Crippen LogP contribution in [0.4, 0.5) is 4.39 Å². The van der Waals surface area contributed by atoms with E-state index >= 15 is 0 Å². The highest BCUT2D eigenvalue weighted by Gasteiger charge is 2.10. The number of rotatable bonds is 2. The molecule has 0 aliphatic rings. The molecule has 3 nitrogen and oxygen atoms in total. The SMILES string of the molecule is CCc1c(-c2cc(F)cc(Cl)c2)nc[nH]c1=O. The van der Waals surface area contributed by atoms with Crippen LogP contribution < -0.4 is 5.56 Å². The molecule has 0 saturated heterocycles. The average molecular weight is 253 g/mol. The molecule has 0 amide bonds. The fraction of sp³-hybridized carbons (Fsp3) is 0.167. The van der Waals surface area contributed by atoms with E-state index in [4.69, 9.17) is 11.6 Å². The average Bonchev–Trinajstić information content (AvgIpc) is 2.27. The van der Waals surface area contributed by atoms with Gasteiger partial charge in [-0.1, -0.05) is 18.5 Å². The fourth-order valence-corrected chi connectivity index (χ4v) is 1.92. The summed E-state index contributed by atoms with van der Waals surface area (Å²) in [5.74, 6) is -0.448. The van der Waals surface area contributed by atoms with Crippen LogP contribution in [0.25, 0.3) is 11.3 Å². The van der Waals surface area contributed by atoms with E-state index in [1.165, 1.54) is 18.5 Å². The molecular weight excluding hydrogens is 243 g/mol. The molecule has 17 heavy (non-hydrogen) atoms. The van der Waals surface area contributed by atoms with E-state index in [1.807, 2.05) is 6.92 Å². The molecule has 5 heteroatoms. The van der Waals surface area contributed by atoms with Gasteiger partial charge in [-0.15, -0.1) is 0 Å². The van der Waals surface area contributed by atoms with Crippen LogP contribution in [0.15, 0.2) is 29.3 Å². The van der Waals surface area contributed by atoms with Crippen molar-refractivity contribution in [1.82, 2.24) is 9.97 Å². The van der Waals surface area contributed by atoms with Crippen molar-refractivity contribution in [1.29, 1.82) is 0 Å². The van der Waals surface area contributed by atoms with E-state index < -0.39 is 5.82 Å². The van der Waals surface area contributed by atoms with Crippen LogP contribution in [0.2, 0.25) is 5.02 Å². The lowest BCUT2D eigenvalue weighted by atomic mass is 10.1. The lowest BCUT2D eigenvalue weighted by molar-refractivity contribution is 0.628. The summed E-state index contributed by atoms with van der Waals surface area (Å²) < 4.78 is 13.3. The van der Waals surface area contributed by atoms with Crippen molar-refractivity contribution < 1.29 is 4.39 Å². The number of nitrogens with one attached hydrogen (secondary N) is 1. The van der Waals surface area contributed by atoms with Gasteiger partial charge < -0.3 is 4.98 Å². The highest BCUT2D eigenvalue weighted by Crippen LogP contribution is 2.24. The Morgan fingerprint density at radius 1 is 1.41 bits per heavy atom. The molecule has 1 aromatic carbocycles. The third-order valence-electron chi connectivity index (χ3n) is 2.44. The number of benzene rings is 1. The fourth-order valence-electron chi connectivity index (χ4n) is 1.70. The van der Waals surface area contributed by atoms with Crippen LogP contribution in [0.3, 0.4) is 0 Å². The van der Waals surface area contributed by atoms with Gasteiger partial charge in [0.25, 0.3) is 5.56 Å². The smallest absolute Gasteiger partial charge is 0.254 e. The Balaban J connectivity index is 2.68. The normalized spacial score (nSPS) is 10.5. The van der Waals surface area contributed by atoms with Crippen molar-refractivity contribution in [3.63, 3.8) is 0 Å². The second-order valence-corrected chi connectivity index (χ2v) is 4.01. The first-order chi connectivity index (χ1) is 8.11. The molecule has 0 fully saturated rings. The molecule has 0 bridgehead atoms. The minimum Gasteiger partial charge on any atom is -0.313 e. The molecule has 0 saturated carbocycles. The molecule has 0 aliphatic heterocycles. The topological polar surface area (TPSA) is 45.8 Å². The molecule has 0 aliphatic carbocycles. The van der Waals surface area contributed by atoms with E-state index in [0.29, 0.717) is 23.2 Å². The number of hydrogen-bond acceptors (Lipinski definition) is 2. The largest absolute Gasteiger partial charge is 0.313 e. The summed E-state index contributed by atoms with van der Waals surface area (Å²) in [4.78, 5) is 18.2. The van der Waals surface area contributed by atoms with Crippen LogP contribution in [0.1, 0.15) is 12.5 Å². The Morgan fingerprint density at radius 2 is 2.18 bits per heavy atom. The van der Waals surface area contributed by atoms with Crippen LogP contribution in [0.5, 0.6) is 0 Å². The number of halogens is 2. The predicted octanol–water partition coefficient (Wildman–Crippen LogP) is 2.79. The summed E-state index contributed by atoms with van der Waals surface area (Å²) in [5.41, 5.74) is 1.29. The van der Waals surface area contributed by atoms with Crippen LogP contribution in [-0.2, 0) is 6.42 Å². The van der Waals surface area contributed by atoms with Gasteiger partial charge in [-0.25, -0.2) is 9.37 Å². The van der Waals surface area contributed by atoms with E-state index in [0.717, 1.165) is 0 Å². The van der Waals surface area contributed by atoms with Crippen molar-refractivity contribution in [2.24, 2.45) is 0 Å². The Labute approximate surface area is 102 Å². The molecule has 88 valence electrons. The Hall–Kier alpha value is -1.68. The third-order valence-corrected chi connectivity index (χ3v) is 2.66. The number of hydrogen-bond donors (Lipinski definition) is 1. The summed E-state index contributed by atoms with van der Waals surface area (Å²) in [6, 6.07) is 4.11. The Morgan fingerprint density at radius 3 is 2.82 bits per heavy atom. The number of aromatic nitrogens is 2. The first-order valence-corrected chi connectivity index (χ1v) is 5.52. The van der Waals surface area contributed by atoms with Crippen molar-refractivity contribution in [3.05, 3.63) is 51.3 Å². The van der Waals surface area contributed by atoms with E-state index in [1.54, 1.807) is 6.07 Å². The lowest BCUT2D eigenvalue weighted by Crippen LogP contribution is -2.14. The molecule has 2 rings (SSSR count). The second kappa shape index (κ2) is 4.67. The van der Waals surface area contributed by atoms with Gasteiger partial charge >= 0.3 is 0 Å². The van der Waals surface area contributed by atoms with E-state index in [-0.39, 0.29) is 10.6 Å². The maximum atomic E-state index is 13.3. The molecule has 0 spiro atoms. The molecule has 1 heterocycles. The lowest BCUT2D eigenvalue weighted by Gasteiger charge is -2.06. The maximum absolute atomic E-state index is 13.3. The number of nitrogens with zero attached hydrogens (tertiary/aromatic N) is 1. The third kappa shape index (κ3) is 2.36. The Kier molecular flexibility index (Phi) is 3.24. The van der Waals surface area contributed by atoms with Crippen LogP contribution >= 0.6 is 11.6 Å². The van der Waals surface area contributed by atoms with Gasteiger partial charge in [-0.2, -0.15) is 0 Å². The highest BCUT2D eigenvalue weighted by molar-refractivity contribution is 6.30. The molecule has 1 N–H and O–H groups in total. The molecule has 0 radical (unpaired) electrons. The first kappa shape index (κ1) is 11.8. The van der Waals surface area contributed by atoms with Gasteiger partial charge in [0, 0.05) is 16.1 Å². The zero-order chi connectivity index (χ0) is 12.4. The summed E-state index contributed by atoms with van der Waals surface area (Å²) in [7, 11) is 0. The van der Waals surface area contributed by atoms with Gasteiger partial charge in [0.2, 0.25) is 0 Å². The van der Waals surface area contributed by atoms with Crippen LogP contribution in [-0.4, -0.2) is 9.97 Å². The standard InChI is InChI=1S/C12H10ClFN2O/c1-2-10-11(15-6-16-12(10)17)7-3-8(13)5-9(14)4-7/h3-6H,2H2,1H3,(H,15,16,17). The van der Waals surface area contributed by atoms with Crippen molar-refractivity contribution in [2.75, 3.05) is 0 Å². The molecule has 0 atom stereocenters. The van der Waals surface area contributed by atoms with Crippen molar-refractivity contribution in [2.45, 2.75) is 13.3 Å². The highest BCUT2D eigenvalue weighted by atomic mass is 35.5. The summed E-state index contributed by atoms with van der Waals surface area (Å²) >= 11 is 5.78. The summed E-state index contributed by atoms with van der Waals surface area (Å²) in [5, 5.41) is 0.282. The zero-order valence-corrected chi connectivity index (χ0v) is 9.88. The van der Waals surface area contributed by atoms with Gasteiger partial charge in [-0.3, -0.25) is 4.79 Å². The van der Waals surface area contributed by atoms with Crippen molar-refractivity contribution >= 4 is 11.6 Å². The van der Waals surface area contributed by atoms with E-state index in [2.05, 4.69) is 9.97 Å². The van der Waals surface area contributed by atoms with Gasteiger partial charge in [0.05, 0.1) is 12.0 Å². The number of H-pyrrole nitrogens is 1. The van der Waals surface area contributed by atoms with Gasteiger partial charge in [0.15, 0.2) is 0 Å². The minimum absolute atomic E-state index is 0.210. The van der Waals surface area contributed by atoms with Crippen LogP contribution in [0, 0.1) is 5.82 Å². The maximum Gasteiger partial charge on any atom is 0.254 e.